The predicted octanol–water partition coefficient (Wildman–Crippen LogP) is 2.73. The van der Waals surface area contributed by atoms with E-state index in [1.165, 1.54) is 10.4 Å². The highest BCUT2D eigenvalue weighted by Crippen LogP contribution is 2.36. The lowest BCUT2D eigenvalue weighted by atomic mass is 10.1. The summed E-state index contributed by atoms with van der Waals surface area (Å²) in [6.07, 6.45) is 1.05. The van der Waals surface area contributed by atoms with Crippen LogP contribution in [0.15, 0.2) is 35.2 Å². The highest BCUT2D eigenvalue weighted by atomic mass is 32.2. The van der Waals surface area contributed by atoms with Crippen molar-refractivity contribution in [3.05, 3.63) is 47.0 Å². The van der Waals surface area contributed by atoms with Gasteiger partial charge in [0, 0.05) is 18.3 Å². The molecule has 8 nitrogen and oxygen atoms in total. The van der Waals surface area contributed by atoms with Gasteiger partial charge in [-0.05, 0) is 56.9 Å². The number of benzene rings is 2. The fourth-order valence-corrected chi connectivity index (χ4v) is 5.96. The summed E-state index contributed by atoms with van der Waals surface area (Å²) in [6, 6.07) is 7.92. The van der Waals surface area contributed by atoms with Crippen LogP contribution >= 0.6 is 0 Å². The Bertz CT molecular complexity index is 1180. The van der Waals surface area contributed by atoms with Gasteiger partial charge in [-0.3, -0.25) is 9.59 Å². The van der Waals surface area contributed by atoms with Crippen molar-refractivity contribution in [2.75, 3.05) is 23.8 Å². The van der Waals surface area contributed by atoms with Crippen molar-refractivity contribution >= 4 is 33.2 Å². The Balaban J connectivity index is 1.62. The van der Waals surface area contributed by atoms with Crippen LogP contribution in [-0.4, -0.2) is 43.7 Å². The zero-order valence-corrected chi connectivity index (χ0v) is 18.5. The normalized spacial score (nSPS) is 18.8. The first-order valence-corrected chi connectivity index (χ1v) is 11.6. The molecule has 1 atom stereocenters. The van der Waals surface area contributed by atoms with E-state index in [0.29, 0.717) is 35.5 Å². The number of sulfonamides is 1. The van der Waals surface area contributed by atoms with Gasteiger partial charge in [0.25, 0.3) is 5.91 Å². The molecule has 4 rings (SSSR count). The topological polar surface area (TPSA) is 105 Å². The van der Waals surface area contributed by atoms with Crippen molar-refractivity contribution in [3.63, 3.8) is 0 Å². The maximum Gasteiger partial charge on any atom is 0.262 e. The molecule has 1 saturated heterocycles. The minimum absolute atomic E-state index is 0.0774. The molecule has 164 valence electrons. The molecule has 0 saturated carbocycles. The lowest BCUT2D eigenvalue weighted by Gasteiger charge is -2.26. The number of anilines is 2. The monoisotopic (exact) mass is 443 g/mol. The number of carbonyl (C=O) groups excluding carboxylic acids is 2. The molecule has 0 aromatic heterocycles. The summed E-state index contributed by atoms with van der Waals surface area (Å²) in [5.74, 6) is -0.323. The molecule has 2 amide bonds. The molecule has 0 spiro atoms. The van der Waals surface area contributed by atoms with Gasteiger partial charge >= 0.3 is 0 Å². The molecule has 2 heterocycles. The lowest BCUT2D eigenvalue weighted by molar-refractivity contribution is -0.119. The Kier molecular flexibility index (Phi) is 5.49. The van der Waals surface area contributed by atoms with E-state index in [1.807, 2.05) is 32.0 Å². The zero-order chi connectivity index (χ0) is 22.3. The molecule has 0 radical (unpaired) electrons. The van der Waals surface area contributed by atoms with Crippen molar-refractivity contribution in [2.24, 2.45) is 0 Å². The first kappa shape index (κ1) is 21.3. The van der Waals surface area contributed by atoms with Crippen molar-refractivity contribution in [1.29, 1.82) is 0 Å². The SMILES string of the molecule is Cc1ccc(NC(=O)[C@@H]2CCCN2S(=O)(=O)c2cc3c(cc2C)NC(=O)CO3)c(C)c1. The summed E-state index contributed by atoms with van der Waals surface area (Å²) in [7, 11) is -3.94. The van der Waals surface area contributed by atoms with Gasteiger partial charge < -0.3 is 15.4 Å². The van der Waals surface area contributed by atoms with Crippen molar-refractivity contribution in [3.8, 4) is 5.75 Å². The molecule has 2 N–H and O–H groups in total. The van der Waals surface area contributed by atoms with Crippen LogP contribution in [0.4, 0.5) is 11.4 Å². The van der Waals surface area contributed by atoms with Crippen molar-refractivity contribution in [2.45, 2.75) is 44.6 Å². The van der Waals surface area contributed by atoms with Crippen molar-refractivity contribution < 1.29 is 22.7 Å². The van der Waals surface area contributed by atoms with E-state index in [0.717, 1.165) is 11.1 Å². The molecule has 9 heteroatoms. The molecular formula is C22H25N3O5S. The predicted molar refractivity (Wildman–Crippen MR) is 117 cm³/mol. The first-order valence-electron chi connectivity index (χ1n) is 10.1. The number of carbonyl (C=O) groups is 2. The molecule has 2 aliphatic heterocycles. The third kappa shape index (κ3) is 4.03. The van der Waals surface area contributed by atoms with E-state index in [4.69, 9.17) is 4.74 Å². The van der Waals surface area contributed by atoms with Gasteiger partial charge in [-0.25, -0.2) is 8.42 Å². The summed E-state index contributed by atoms with van der Waals surface area (Å²) in [6.45, 7) is 5.64. The maximum atomic E-state index is 13.5. The zero-order valence-electron chi connectivity index (χ0n) is 17.7. The molecular weight excluding hydrogens is 418 g/mol. The summed E-state index contributed by atoms with van der Waals surface area (Å²) in [4.78, 5) is 24.6. The minimum atomic E-state index is -3.94. The number of nitrogens with one attached hydrogen (secondary N) is 2. The van der Waals surface area contributed by atoms with Crippen LogP contribution in [0.3, 0.4) is 0 Å². The number of fused-ring (bicyclic) bond motifs is 1. The molecule has 0 unspecified atom stereocenters. The van der Waals surface area contributed by atoms with Gasteiger partial charge in [-0.1, -0.05) is 17.7 Å². The summed E-state index contributed by atoms with van der Waals surface area (Å²) in [5, 5.41) is 5.56. The van der Waals surface area contributed by atoms with Gasteiger partial charge in [-0.2, -0.15) is 4.31 Å². The highest BCUT2D eigenvalue weighted by Gasteiger charge is 2.40. The summed E-state index contributed by atoms with van der Waals surface area (Å²) in [5.41, 5.74) is 3.60. The smallest absolute Gasteiger partial charge is 0.262 e. The van der Waals surface area contributed by atoms with Crippen LogP contribution < -0.4 is 15.4 Å². The molecule has 0 aliphatic carbocycles. The van der Waals surface area contributed by atoms with Crippen molar-refractivity contribution in [1.82, 2.24) is 4.31 Å². The number of ether oxygens (including phenoxy) is 1. The van der Waals surface area contributed by atoms with Gasteiger partial charge in [0.1, 0.15) is 11.8 Å². The number of amides is 2. The second kappa shape index (κ2) is 7.97. The van der Waals surface area contributed by atoms with E-state index in [1.54, 1.807) is 13.0 Å². The third-order valence-corrected chi connectivity index (χ3v) is 7.69. The second-order valence-electron chi connectivity index (χ2n) is 8.03. The van der Waals surface area contributed by atoms with E-state index in [-0.39, 0.29) is 29.9 Å². The Morgan fingerprint density at radius 1 is 1.16 bits per heavy atom. The molecule has 1 fully saturated rings. The van der Waals surface area contributed by atoms with Crippen LogP contribution in [0, 0.1) is 20.8 Å². The maximum absolute atomic E-state index is 13.5. The quantitative estimate of drug-likeness (QED) is 0.756. The molecule has 2 aliphatic rings. The number of hydrogen-bond donors (Lipinski definition) is 2. The van der Waals surface area contributed by atoms with Gasteiger partial charge in [0.05, 0.1) is 10.6 Å². The van der Waals surface area contributed by atoms with Gasteiger partial charge in [0.2, 0.25) is 15.9 Å². The van der Waals surface area contributed by atoms with E-state index in [9.17, 15) is 18.0 Å². The third-order valence-electron chi connectivity index (χ3n) is 5.64. The van der Waals surface area contributed by atoms with E-state index < -0.39 is 16.1 Å². The van der Waals surface area contributed by atoms with Crippen LogP contribution in [0.2, 0.25) is 0 Å². The standard InChI is InChI=1S/C22H25N3O5S/c1-13-6-7-16(14(2)9-13)24-22(27)18-5-4-8-25(18)31(28,29)20-11-19-17(10-15(20)3)23-21(26)12-30-19/h6-7,9-11,18H,4-5,8,12H2,1-3H3,(H,23,26)(H,24,27)/t18-/m0/s1. The second-order valence-corrected chi connectivity index (χ2v) is 9.89. The Labute approximate surface area is 181 Å². The van der Waals surface area contributed by atoms with Gasteiger partial charge in [-0.15, -0.1) is 0 Å². The number of nitrogens with zero attached hydrogens (tertiary/aromatic N) is 1. The minimum Gasteiger partial charge on any atom is -0.482 e. The Morgan fingerprint density at radius 3 is 2.68 bits per heavy atom. The summed E-state index contributed by atoms with van der Waals surface area (Å²) < 4.78 is 33.6. The Hall–Kier alpha value is -2.91. The van der Waals surface area contributed by atoms with Crippen LogP contribution in [0.5, 0.6) is 5.75 Å². The molecule has 2 aromatic carbocycles. The molecule has 31 heavy (non-hydrogen) atoms. The fourth-order valence-electron chi connectivity index (χ4n) is 4.08. The fraction of sp³-hybridized carbons (Fsp3) is 0.364. The summed E-state index contributed by atoms with van der Waals surface area (Å²) >= 11 is 0. The van der Waals surface area contributed by atoms with Crippen LogP contribution in [0.25, 0.3) is 0 Å². The number of aryl methyl sites for hydroxylation is 3. The number of hydrogen-bond acceptors (Lipinski definition) is 5. The Morgan fingerprint density at radius 2 is 1.94 bits per heavy atom. The van der Waals surface area contributed by atoms with Gasteiger partial charge in [0.15, 0.2) is 6.61 Å². The molecule has 2 aromatic rings. The van der Waals surface area contributed by atoms with E-state index in [2.05, 4.69) is 10.6 Å². The number of rotatable bonds is 4. The van der Waals surface area contributed by atoms with E-state index >= 15 is 0 Å². The first-order chi connectivity index (χ1) is 14.7. The average Bonchev–Trinajstić information content (AvgIpc) is 3.20. The highest BCUT2D eigenvalue weighted by molar-refractivity contribution is 7.89. The lowest BCUT2D eigenvalue weighted by Crippen LogP contribution is -2.43. The largest absolute Gasteiger partial charge is 0.482 e. The molecule has 0 bridgehead atoms. The van der Waals surface area contributed by atoms with Crippen LogP contribution in [-0.2, 0) is 19.6 Å². The van der Waals surface area contributed by atoms with Crippen LogP contribution in [0.1, 0.15) is 29.5 Å². The average molecular weight is 444 g/mol.